The van der Waals surface area contributed by atoms with Gasteiger partial charge in [-0.25, -0.2) is 4.39 Å². The van der Waals surface area contributed by atoms with E-state index in [-0.39, 0.29) is 17.4 Å². The number of benzene rings is 1. The molecule has 3 aromatic rings. The standard InChI is InChI=1S/C23H26FN5O2/c1-3-8-29-13-19(14(2)27-29)23(31)28-9-4-5-15(12-28)21-18(22(25)30)11-16-10-17(24)6-7-20(16)26-21/h6-7,10-11,13,15H,3-5,8-9,12H2,1-2H3,(H2,25,30). The van der Waals surface area contributed by atoms with Gasteiger partial charge >= 0.3 is 0 Å². The normalized spacial score (nSPS) is 16.6. The molecule has 162 valence electrons. The highest BCUT2D eigenvalue weighted by atomic mass is 19.1. The molecule has 4 rings (SSSR count). The molecule has 7 nitrogen and oxygen atoms in total. The van der Waals surface area contributed by atoms with Crippen LogP contribution in [0.5, 0.6) is 0 Å². The van der Waals surface area contributed by atoms with Crippen molar-refractivity contribution in [3.8, 4) is 0 Å². The Morgan fingerprint density at radius 2 is 2.06 bits per heavy atom. The number of aromatic nitrogens is 3. The number of carbonyl (C=O) groups is 2. The van der Waals surface area contributed by atoms with E-state index in [4.69, 9.17) is 5.73 Å². The van der Waals surface area contributed by atoms with E-state index in [1.54, 1.807) is 21.7 Å². The molecule has 1 aliphatic heterocycles. The highest BCUT2D eigenvalue weighted by molar-refractivity contribution is 5.98. The first-order chi connectivity index (χ1) is 14.9. The van der Waals surface area contributed by atoms with Gasteiger partial charge in [0.25, 0.3) is 11.8 Å². The smallest absolute Gasteiger partial charge is 0.257 e. The number of rotatable bonds is 5. The van der Waals surface area contributed by atoms with Gasteiger partial charge in [-0.3, -0.25) is 19.3 Å². The second-order valence-electron chi connectivity index (χ2n) is 8.10. The van der Waals surface area contributed by atoms with Gasteiger partial charge in [-0.2, -0.15) is 5.10 Å². The Balaban J connectivity index is 1.64. The summed E-state index contributed by atoms with van der Waals surface area (Å²) in [5.74, 6) is -1.19. The quantitative estimate of drug-likeness (QED) is 0.680. The molecule has 0 radical (unpaired) electrons. The van der Waals surface area contributed by atoms with Crippen LogP contribution in [0, 0.1) is 12.7 Å². The SMILES string of the molecule is CCCn1cc(C(=O)N2CCCC(c3nc4ccc(F)cc4cc3C(N)=O)C2)c(C)n1. The van der Waals surface area contributed by atoms with Gasteiger partial charge in [0.1, 0.15) is 5.82 Å². The van der Waals surface area contributed by atoms with Gasteiger partial charge in [-0.05, 0) is 50.5 Å². The molecule has 1 atom stereocenters. The second kappa shape index (κ2) is 8.45. The van der Waals surface area contributed by atoms with E-state index in [1.165, 1.54) is 12.1 Å². The van der Waals surface area contributed by atoms with Crippen LogP contribution in [-0.2, 0) is 6.54 Å². The number of amides is 2. The first-order valence-electron chi connectivity index (χ1n) is 10.6. The molecular formula is C23H26FN5O2. The minimum absolute atomic E-state index is 0.0620. The van der Waals surface area contributed by atoms with Gasteiger partial charge in [0.2, 0.25) is 0 Å². The van der Waals surface area contributed by atoms with Crippen molar-refractivity contribution in [2.45, 2.75) is 45.6 Å². The van der Waals surface area contributed by atoms with Crippen molar-refractivity contribution in [2.75, 3.05) is 13.1 Å². The molecule has 1 aliphatic rings. The number of nitrogens with zero attached hydrogens (tertiary/aromatic N) is 4. The lowest BCUT2D eigenvalue weighted by Crippen LogP contribution is -2.40. The minimum atomic E-state index is -0.603. The van der Waals surface area contributed by atoms with Crippen molar-refractivity contribution in [2.24, 2.45) is 5.73 Å². The number of halogens is 1. The molecule has 31 heavy (non-hydrogen) atoms. The first kappa shape index (κ1) is 21.0. The van der Waals surface area contributed by atoms with Crippen LogP contribution < -0.4 is 5.73 Å². The fourth-order valence-corrected chi connectivity index (χ4v) is 4.30. The number of piperidine rings is 1. The number of pyridine rings is 1. The Hall–Kier alpha value is -3.29. The Kier molecular flexibility index (Phi) is 5.71. The van der Waals surface area contributed by atoms with Crippen molar-refractivity contribution in [1.29, 1.82) is 0 Å². The molecule has 2 aromatic heterocycles. The number of aryl methyl sites for hydroxylation is 2. The van der Waals surface area contributed by atoms with Gasteiger partial charge in [0.15, 0.2) is 0 Å². The lowest BCUT2D eigenvalue weighted by molar-refractivity contribution is 0.0705. The minimum Gasteiger partial charge on any atom is -0.366 e. The molecule has 0 saturated carbocycles. The van der Waals surface area contributed by atoms with E-state index in [2.05, 4.69) is 17.0 Å². The summed E-state index contributed by atoms with van der Waals surface area (Å²) in [6.07, 6.45) is 4.33. The molecule has 1 unspecified atom stereocenters. The Labute approximate surface area is 180 Å². The van der Waals surface area contributed by atoms with E-state index >= 15 is 0 Å². The van der Waals surface area contributed by atoms with Crippen LogP contribution in [0.15, 0.2) is 30.5 Å². The third-order valence-electron chi connectivity index (χ3n) is 5.80. The molecule has 1 saturated heterocycles. The van der Waals surface area contributed by atoms with E-state index in [9.17, 15) is 14.0 Å². The third-order valence-corrected chi connectivity index (χ3v) is 5.80. The van der Waals surface area contributed by atoms with Crippen LogP contribution >= 0.6 is 0 Å². The third kappa shape index (κ3) is 4.15. The topological polar surface area (TPSA) is 94.1 Å². The lowest BCUT2D eigenvalue weighted by atomic mass is 9.90. The van der Waals surface area contributed by atoms with Gasteiger partial charge in [0, 0.05) is 37.1 Å². The summed E-state index contributed by atoms with van der Waals surface area (Å²) in [6.45, 7) is 5.75. The second-order valence-corrected chi connectivity index (χ2v) is 8.10. The van der Waals surface area contributed by atoms with Crippen molar-refractivity contribution in [1.82, 2.24) is 19.7 Å². The van der Waals surface area contributed by atoms with Crippen LogP contribution in [0.1, 0.15) is 64.2 Å². The largest absolute Gasteiger partial charge is 0.366 e. The molecule has 1 aromatic carbocycles. The average molecular weight is 423 g/mol. The van der Waals surface area contributed by atoms with Crippen LogP contribution in [0.25, 0.3) is 10.9 Å². The monoisotopic (exact) mass is 423 g/mol. The van der Waals surface area contributed by atoms with Gasteiger partial charge in [0.05, 0.1) is 28.0 Å². The Morgan fingerprint density at radius 3 is 2.81 bits per heavy atom. The molecule has 3 heterocycles. The fraction of sp³-hybridized carbons (Fsp3) is 0.391. The maximum Gasteiger partial charge on any atom is 0.257 e. The number of carbonyl (C=O) groups excluding carboxylic acids is 2. The van der Waals surface area contributed by atoms with Crippen LogP contribution in [0.2, 0.25) is 0 Å². The lowest BCUT2D eigenvalue weighted by Gasteiger charge is -2.33. The van der Waals surface area contributed by atoms with Gasteiger partial charge in [-0.15, -0.1) is 0 Å². The van der Waals surface area contributed by atoms with E-state index in [1.807, 2.05) is 13.1 Å². The van der Waals surface area contributed by atoms with Crippen molar-refractivity contribution in [3.63, 3.8) is 0 Å². The number of likely N-dealkylation sites (tertiary alicyclic amines) is 1. The summed E-state index contributed by atoms with van der Waals surface area (Å²) in [6, 6.07) is 5.88. The highest BCUT2D eigenvalue weighted by Crippen LogP contribution is 2.31. The summed E-state index contributed by atoms with van der Waals surface area (Å²) in [5, 5.41) is 4.97. The van der Waals surface area contributed by atoms with E-state index < -0.39 is 11.7 Å². The molecule has 1 fully saturated rings. The number of nitrogens with two attached hydrogens (primary N) is 1. The van der Waals surface area contributed by atoms with Gasteiger partial charge in [-0.1, -0.05) is 6.92 Å². The zero-order valence-corrected chi connectivity index (χ0v) is 17.8. The van der Waals surface area contributed by atoms with Crippen LogP contribution in [-0.4, -0.2) is 44.6 Å². The Bertz CT molecular complexity index is 1160. The maximum atomic E-state index is 13.6. The van der Waals surface area contributed by atoms with Crippen LogP contribution in [0.4, 0.5) is 4.39 Å². The number of hydrogen-bond acceptors (Lipinski definition) is 4. The fourth-order valence-electron chi connectivity index (χ4n) is 4.30. The highest BCUT2D eigenvalue weighted by Gasteiger charge is 2.30. The molecule has 2 amide bonds. The Morgan fingerprint density at radius 1 is 1.26 bits per heavy atom. The molecule has 8 heteroatoms. The number of fused-ring (bicyclic) bond motifs is 1. The van der Waals surface area contributed by atoms with Crippen molar-refractivity contribution < 1.29 is 14.0 Å². The molecule has 0 bridgehead atoms. The summed E-state index contributed by atoms with van der Waals surface area (Å²) >= 11 is 0. The van der Waals surface area contributed by atoms with Crippen molar-refractivity contribution in [3.05, 3.63) is 58.8 Å². The number of primary amides is 1. The molecular weight excluding hydrogens is 397 g/mol. The van der Waals surface area contributed by atoms with E-state index in [0.717, 1.165) is 25.8 Å². The summed E-state index contributed by atoms with van der Waals surface area (Å²) in [7, 11) is 0. The van der Waals surface area contributed by atoms with Crippen LogP contribution in [0.3, 0.4) is 0 Å². The first-order valence-corrected chi connectivity index (χ1v) is 10.6. The summed E-state index contributed by atoms with van der Waals surface area (Å²) in [4.78, 5) is 31.8. The summed E-state index contributed by atoms with van der Waals surface area (Å²) < 4.78 is 15.4. The zero-order valence-electron chi connectivity index (χ0n) is 17.8. The molecule has 0 aliphatic carbocycles. The maximum absolute atomic E-state index is 13.6. The van der Waals surface area contributed by atoms with Crippen molar-refractivity contribution >= 4 is 22.7 Å². The molecule has 0 spiro atoms. The predicted octanol–water partition coefficient (Wildman–Crippen LogP) is 3.41. The predicted molar refractivity (Wildman–Crippen MR) is 115 cm³/mol. The summed E-state index contributed by atoms with van der Waals surface area (Å²) in [5.41, 5.74) is 8.39. The van der Waals surface area contributed by atoms with E-state index in [0.29, 0.717) is 40.9 Å². The average Bonchev–Trinajstić information content (AvgIpc) is 3.12. The zero-order chi connectivity index (χ0) is 22.1. The van der Waals surface area contributed by atoms with Gasteiger partial charge < -0.3 is 10.6 Å². The number of hydrogen-bond donors (Lipinski definition) is 1. The molecule has 2 N–H and O–H groups in total.